The summed E-state index contributed by atoms with van der Waals surface area (Å²) in [5.74, 6) is -1.30. The van der Waals surface area contributed by atoms with Crippen molar-refractivity contribution in [2.45, 2.75) is 0 Å². The fourth-order valence-electron chi connectivity index (χ4n) is 2.19. The number of nitriles is 1. The summed E-state index contributed by atoms with van der Waals surface area (Å²) in [6.07, 6.45) is 1.36. The molecule has 1 aromatic rings. The maximum absolute atomic E-state index is 12.3. The van der Waals surface area contributed by atoms with Crippen LogP contribution in [0.15, 0.2) is 36.0 Å². The van der Waals surface area contributed by atoms with E-state index in [1.165, 1.54) is 18.3 Å². The molecule has 120 valence electrons. The second-order valence-electron chi connectivity index (χ2n) is 5.29. The highest BCUT2D eigenvalue weighted by molar-refractivity contribution is 5.97. The summed E-state index contributed by atoms with van der Waals surface area (Å²) >= 11 is 0. The van der Waals surface area contributed by atoms with Crippen molar-refractivity contribution in [2.75, 3.05) is 38.5 Å². The molecule has 2 N–H and O–H groups in total. The molecule has 0 saturated carbocycles. The fraction of sp³-hybridized carbons (Fsp3) is 0.312. The molecule has 1 aliphatic rings. The minimum atomic E-state index is -1.00. The first-order valence-corrected chi connectivity index (χ1v) is 7.19. The SMILES string of the molecule is CN1CCN(C(=O)/C(C#N)=C\Nc2ccc(C(=O)O)cc2)CC1. The van der Waals surface area contributed by atoms with Gasteiger partial charge < -0.3 is 20.2 Å². The van der Waals surface area contributed by atoms with Crippen LogP contribution in [0.1, 0.15) is 10.4 Å². The van der Waals surface area contributed by atoms with Crippen molar-refractivity contribution in [1.29, 1.82) is 5.26 Å². The molecule has 7 heteroatoms. The number of aromatic carboxylic acids is 1. The summed E-state index contributed by atoms with van der Waals surface area (Å²) in [7, 11) is 1.99. The smallest absolute Gasteiger partial charge is 0.335 e. The molecule has 1 heterocycles. The van der Waals surface area contributed by atoms with Gasteiger partial charge in [-0.2, -0.15) is 5.26 Å². The summed E-state index contributed by atoms with van der Waals surface area (Å²) < 4.78 is 0. The molecule has 23 heavy (non-hydrogen) atoms. The van der Waals surface area contributed by atoms with Crippen LogP contribution in [0.5, 0.6) is 0 Å². The van der Waals surface area contributed by atoms with E-state index in [0.29, 0.717) is 18.8 Å². The van der Waals surface area contributed by atoms with Gasteiger partial charge in [0.25, 0.3) is 5.91 Å². The van der Waals surface area contributed by atoms with Crippen LogP contribution in [0.25, 0.3) is 0 Å². The van der Waals surface area contributed by atoms with Gasteiger partial charge in [-0.15, -0.1) is 0 Å². The molecule has 0 aromatic heterocycles. The van der Waals surface area contributed by atoms with Gasteiger partial charge in [0.05, 0.1) is 5.56 Å². The highest BCUT2D eigenvalue weighted by Crippen LogP contribution is 2.11. The predicted octanol–water partition coefficient (Wildman–Crippen LogP) is 0.978. The van der Waals surface area contributed by atoms with Crippen molar-refractivity contribution >= 4 is 17.6 Å². The maximum Gasteiger partial charge on any atom is 0.335 e. The Morgan fingerprint density at radius 1 is 1.22 bits per heavy atom. The molecule has 0 aliphatic carbocycles. The van der Waals surface area contributed by atoms with E-state index in [1.54, 1.807) is 17.0 Å². The van der Waals surface area contributed by atoms with Crippen LogP contribution in [-0.4, -0.2) is 60.0 Å². The fourth-order valence-corrected chi connectivity index (χ4v) is 2.19. The average molecular weight is 314 g/mol. The molecule has 7 nitrogen and oxygen atoms in total. The molecule has 1 aromatic carbocycles. The third-order valence-electron chi connectivity index (χ3n) is 3.66. The Balaban J connectivity index is 2.02. The molecule has 1 saturated heterocycles. The lowest BCUT2D eigenvalue weighted by Crippen LogP contribution is -2.47. The zero-order valence-electron chi connectivity index (χ0n) is 12.8. The summed E-state index contributed by atoms with van der Waals surface area (Å²) in [5.41, 5.74) is 0.805. The van der Waals surface area contributed by atoms with E-state index in [9.17, 15) is 14.9 Å². The summed E-state index contributed by atoms with van der Waals surface area (Å²) in [4.78, 5) is 26.9. The van der Waals surface area contributed by atoms with Crippen LogP contribution in [0, 0.1) is 11.3 Å². The standard InChI is InChI=1S/C16H18N4O3/c1-19-6-8-20(9-7-19)15(21)13(10-17)11-18-14-4-2-12(3-5-14)16(22)23/h2-5,11,18H,6-9H2,1H3,(H,22,23)/b13-11-. The van der Waals surface area contributed by atoms with E-state index >= 15 is 0 Å². The normalized spacial score (nSPS) is 15.8. The van der Waals surface area contributed by atoms with Gasteiger partial charge in [-0.3, -0.25) is 4.79 Å². The van der Waals surface area contributed by atoms with Crippen LogP contribution in [-0.2, 0) is 4.79 Å². The first-order chi connectivity index (χ1) is 11.0. The molecule has 1 aliphatic heterocycles. The number of benzene rings is 1. The number of rotatable bonds is 4. The number of amides is 1. The minimum absolute atomic E-state index is 0.0249. The van der Waals surface area contributed by atoms with Gasteiger partial charge in [0, 0.05) is 38.1 Å². The lowest BCUT2D eigenvalue weighted by molar-refractivity contribution is -0.128. The highest BCUT2D eigenvalue weighted by Gasteiger charge is 2.22. The lowest BCUT2D eigenvalue weighted by atomic mass is 10.2. The monoisotopic (exact) mass is 314 g/mol. The van der Waals surface area contributed by atoms with E-state index in [4.69, 9.17) is 5.11 Å². The topological polar surface area (TPSA) is 96.7 Å². The summed E-state index contributed by atoms with van der Waals surface area (Å²) in [6.45, 7) is 2.77. The van der Waals surface area contributed by atoms with Crippen molar-refractivity contribution in [3.05, 3.63) is 41.6 Å². The number of piperazine rings is 1. The lowest BCUT2D eigenvalue weighted by Gasteiger charge is -2.32. The summed E-state index contributed by atoms with van der Waals surface area (Å²) in [6, 6.07) is 7.97. The predicted molar refractivity (Wildman–Crippen MR) is 84.8 cm³/mol. The second kappa shape index (κ2) is 7.42. The molecule has 0 bridgehead atoms. The molecular weight excluding hydrogens is 296 g/mol. The van der Waals surface area contributed by atoms with Crippen LogP contribution in [0.3, 0.4) is 0 Å². The zero-order chi connectivity index (χ0) is 16.8. The molecule has 0 unspecified atom stereocenters. The number of carbonyl (C=O) groups is 2. The maximum atomic E-state index is 12.3. The van der Waals surface area contributed by atoms with Crippen LogP contribution in [0.2, 0.25) is 0 Å². The van der Waals surface area contributed by atoms with Gasteiger partial charge in [0.1, 0.15) is 11.6 Å². The van der Waals surface area contributed by atoms with Crippen molar-refractivity contribution < 1.29 is 14.7 Å². The summed E-state index contributed by atoms with van der Waals surface area (Å²) in [5, 5.41) is 20.9. The van der Waals surface area contributed by atoms with E-state index in [1.807, 2.05) is 13.1 Å². The molecule has 2 rings (SSSR count). The molecule has 0 spiro atoms. The number of nitrogens with one attached hydrogen (secondary N) is 1. The zero-order valence-corrected chi connectivity index (χ0v) is 12.8. The Labute approximate surface area is 134 Å². The average Bonchev–Trinajstić information content (AvgIpc) is 2.56. The Hall–Kier alpha value is -2.85. The van der Waals surface area contributed by atoms with Gasteiger partial charge >= 0.3 is 5.97 Å². The van der Waals surface area contributed by atoms with Gasteiger partial charge in [-0.25, -0.2) is 4.79 Å². The molecular formula is C16H18N4O3. The number of hydrogen-bond donors (Lipinski definition) is 2. The number of carboxylic acid groups (broad SMARTS) is 1. The number of carbonyl (C=O) groups excluding carboxylic acids is 1. The number of likely N-dealkylation sites (N-methyl/N-ethyl adjacent to an activating group) is 1. The van der Waals surface area contributed by atoms with E-state index in [2.05, 4.69) is 10.2 Å². The first kappa shape index (κ1) is 16.5. The number of hydrogen-bond acceptors (Lipinski definition) is 5. The van der Waals surface area contributed by atoms with E-state index < -0.39 is 5.97 Å². The Morgan fingerprint density at radius 3 is 2.35 bits per heavy atom. The largest absolute Gasteiger partial charge is 0.478 e. The Morgan fingerprint density at radius 2 is 1.83 bits per heavy atom. The van der Waals surface area contributed by atoms with Gasteiger partial charge in [0.15, 0.2) is 0 Å². The van der Waals surface area contributed by atoms with Gasteiger partial charge in [-0.05, 0) is 31.3 Å². The van der Waals surface area contributed by atoms with Crippen LogP contribution in [0.4, 0.5) is 5.69 Å². The number of nitrogens with zero attached hydrogens (tertiary/aromatic N) is 3. The van der Waals surface area contributed by atoms with E-state index in [0.717, 1.165) is 13.1 Å². The third kappa shape index (κ3) is 4.31. The Kier molecular flexibility index (Phi) is 5.33. The van der Waals surface area contributed by atoms with Crippen LogP contribution >= 0.6 is 0 Å². The third-order valence-corrected chi connectivity index (χ3v) is 3.66. The molecule has 1 fully saturated rings. The van der Waals surface area contributed by atoms with Crippen molar-refractivity contribution in [3.63, 3.8) is 0 Å². The van der Waals surface area contributed by atoms with Gasteiger partial charge in [0.2, 0.25) is 0 Å². The molecule has 0 atom stereocenters. The minimum Gasteiger partial charge on any atom is -0.478 e. The second-order valence-corrected chi connectivity index (χ2v) is 5.29. The highest BCUT2D eigenvalue weighted by atomic mass is 16.4. The van der Waals surface area contributed by atoms with Crippen molar-refractivity contribution in [2.24, 2.45) is 0 Å². The molecule has 1 amide bonds. The quantitative estimate of drug-likeness (QED) is 0.635. The number of carboxylic acids is 1. The van der Waals surface area contributed by atoms with Crippen molar-refractivity contribution in [1.82, 2.24) is 9.80 Å². The number of anilines is 1. The van der Waals surface area contributed by atoms with Crippen LogP contribution < -0.4 is 5.32 Å². The first-order valence-electron chi connectivity index (χ1n) is 7.19. The Bertz CT molecular complexity index is 653. The van der Waals surface area contributed by atoms with E-state index in [-0.39, 0.29) is 17.0 Å². The van der Waals surface area contributed by atoms with Crippen molar-refractivity contribution in [3.8, 4) is 6.07 Å². The molecule has 0 radical (unpaired) electrons. The van der Waals surface area contributed by atoms with Gasteiger partial charge in [-0.1, -0.05) is 0 Å².